The lowest BCUT2D eigenvalue weighted by atomic mass is 10.0. The summed E-state index contributed by atoms with van der Waals surface area (Å²) in [6, 6.07) is 4.20. The smallest absolute Gasteiger partial charge is 0.344 e. The van der Waals surface area contributed by atoms with E-state index in [1.165, 1.54) is 42.1 Å². The Morgan fingerprint density at radius 3 is 2.50 bits per heavy atom. The summed E-state index contributed by atoms with van der Waals surface area (Å²) in [5, 5.41) is 9.06. The van der Waals surface area contributed by atoms with Gasteiger partial charge in [0.25, 0.3) is 5.91 Å². The molecule has 2 N–H and O–H groups in total. The van der Waals surface area contributed by atoms with Crippen LogP contribution >= 0.6 is 0 Å². The number of hydrogen-bond acceptors (Lipinski definition) is 9. The summed E-state index contributed by atoms with van der Waals surface area (Å²) >= 11 is 0. The van der Waals surface area contributed by atoms with Crippen LogP contribution in [0.1, 0.15) is 18.3 Å². The molecule has 1 unspecified atom stereocenters. The summed E-state index contributed by atoms with van der Waals surface area (Å²) < 4.78 is 37.4. The second kappa shape index (κ2) is 9.15. The highest BCUT2D eigenvalue weighted by molar-refractivity contribution is 7.89. The van der Waals surface area contributed by atoms with Crippen molar-refractivity contribution in [3.8, 4) is 5.75 Å². The lowest BCUT2D eigenvalue weighted by molar-refractivity contribution is -0.145. The standard InChI is InChI=1S/C18H20N4O7S/c1-2-28-17(23)11-29-12-3-5-13(6-4-12)30(26,27)22-10-15-14(19-7-8-20-15)9-16(22)18(24)21-25/h3-8,16,25H,2,9-11H2,1H3,(H,21,24). The molecular weight excluding hydrogens is 416 g/mol. The van der Waals surface area contributed by atoms with E-state index < -0.39 is 27.9 Å². The van der Waals surface area contributed by atoms with Crippen molar-refractivity contribution in [3.05, 3.63) is 48.0 Å². The number of amides is 1. The first-order valence-electron chi connectivity index (χ1n) is 8.99. The molecule has 0 saturated carbocycles. The molecule has 11 nitrogen and oxygen atoms in total. The first-order valence-corrected chi connectivity index (χ1v) is 10.4. The lowest BCUT2D eigenvalue weighted by Gasteiger charge is -2.33. The van der Waals surface area contributed by atoms with Crippen LogP contribution in [0.3, 0.4) is 0 Å². The molecule has 3 rings (SSSR count). The average Bonchev–Trinajstić information content (AvgIpc) is 2.76. The monoisotopic (exact) mass is 436 g/mol. The number of ether oxygens (including phenoxy) is 2. The van der Waals surface area contributed by atoms with E-state index in [-0.39, 0.29) is 36.8 Å². The number of nitrogens with zero attached hydrogens (tertiary/aromatic N) is 3. The first kappa shape index (κ1) is 21.6. The fourth-order valence-electron chi connectivity index (χ4n) is 2.98. The molecule has 1 aromatic carbocycles. The van der Waals surface area contributed by atoms with Gasteiger partial charge in [-0.05, 0) is 31.2 Å². The van der Waals surface area contributed by atoms with E-state index in [4.69, 9.17) is 14.7 Å². The van der Waals surface area contributed by atoms with Crippen LogP contribution in [0.5, 0.6) is 5.75 Å². The van der Waals surface area contributed by atoms with Crippen molar-refractivity contribution in [1.82, 2.24) is 19.8 Å². The van der Waals surface area contributed by atoms with Crippen LogP contribution in [-0.2, 0) is 37.3 Å². The molecule has 1 atom stereocenters. The summed E-state index contributed by atoms with van der Waals surface area (Å²) in [7, 11) is -4.12. The minimum Gasteiger partial charge on any atom is -0.482 e. The van der Waals surface area contributed by atoms with Gasteiger partial charge >= 0.3 is 5.97 Å². The van der Waals surface area contributed by atoms with E-state index in [0.717, 1.165) is 4.31 Å². The third-order valence-electron chi connectivity index (χ3n) is 4.41. The minimum absolute atomic E-state index is 0.0322. The summed E-state index contributed by atoms with van der Waals surface area (Å²) in [6.07, 6.45) is 2.85. The van der Waals surface area contributed by atoms with Gasteiger partial charge in [0.15, 0.2) is 6.61 Å². The van der Waals surface area contributed by atoms with Gasteiger partial charge in [0, 0.05) is 18.8 Å². The Bertz CT molecular complexity index is 1030. The number of nitrogens with one attached hydrogen (secondary N) is 1. The van der Waals surface area contributed by atoms with Crippen molar-refractivity contribution in [2.24, 2.45) is 0 Å². The Labute approximate surface area is 172 Å². The second-order valence-electron chi connectivity index (χ2n) is 6.26. The van der Waals surface area contributed by atoms with Crippen LogP contribution in [0.4, 0.5) is 0 Å². The minimum atomic E-state index is -4.12. The molecule has 160 valence electrons. The number of hydrogen-bond donors (Lipinski definition) is 2. The molecule has 1 aromatic heterocycles. The predicted octanol–water partition coefficient (Wildman–Crippen LogP) is 0.0395. The molecule has 0 fully saturated rings. The SMILES string of the molecule is CCOC(=O)COc1ccc(S(=O)(=O)N2Cc3nccnc3CC2C(=O)NO)cc1. The Hall–Kier alpha value is -3.09. The number of benzene rings is 1. The van der Waals surface area contributed by atoms with Gasteiger partial charge in [-0.25, -0.2) is 18.7 Å². The lowest BCUT2D eigenvalue weighted by Crippen LogP contribution is -2.52. The van der Waals surface area contributed by atoms with E-state index in [2.05, 4.69) is 9.97 Å². The number of hydroxylamine groups is 1. The van der Waals surface area contributed by atoms with Gasteiger partial charge in [-0.15, -0.1) is 0 Å². The van der Waals surface area contributed by atoms with E-state index in [9.17, 15) is 18.0 Å². The van der Waals surface area contributed by atoms with Crippen molar-refractivity contribution in [2.45, 2.75) is 30.8 Å². The molecule has 1 aliphatic heterocycles. The van der Waals surface area contributed by atoms with Crippen molar-refractivity contribution in [3.63, 3.8) is 0 Å². The molecule has 0 aliphatic carbocycles. The Kier molecular flexibility index (Phi) is 6.59. The van der Waals surface area contributed by atoms with Crippen LogP contribution < -0.4 is 10.2 Å². The van der Waals surface area contributed by atoms with Crippen molar-refractivity contribution >= 4 is 21.9 Å². The van der Waals surface area contributed by atoms with E-state index in [1.54, 1.807) is 6.92 Å². The quantitative estimate of drug-likeness (QED) is 0.349. The molecule has 2 aromatic rings. The molecular formula is C18H20N4O7S. The summed E-state index contributed by atoms with van der Waals surface area (Å²) in [5.74, 6) is -1.13. The maximum atomic E-state index is 13.2. The van der Waals surface area contributed by atoms with Gasteiger partial charge in [0.05, 0.1) is 29.4 Å². The highest BCUT2D eigenvalue weighted by atomic mass is 32.2. The van der Waals surface area contributed by atoms with E-state index in [0.29, 0.717) is 11.4 Å². The van der Waals surface area contributed by atoms with Crippen molar-refractivity contribution in [1.29, 1.82) is 0 Å². The number of carbonyl (C=O) groups is 2. The zero-order chi connectivity index (χ0) is 21.7. The predicted molar refractivity (Wildman–Crippen MR) is 101 cm³/mol. The van der Waals surface area contributed by atoms with Crippen LogP contribution in [0.15, 0.2) is 41.6 Å². The molecule has 12 heteroatoms. The van der Waals surface area contributed by atoms with Gasteiger partial charge in [-0.2, -0.15) is 4.31 Å². The number of carbonyl (C=O) groups excluding carboxylic acids is 2. The molecule has 0 saturated heterocycles. The van der Waals surface area contributed by atoms with Gasteiger partial charge in [-0.3, -0.25) is 20.0 Å². The zero-order valence-corrected chi connectivity index (χ0v) is 16.8. The highest BCUT2D eigenvalue weighted by Crippen LogP contribution is 2.28. The Morgan fingerprint density at radius 1 is 1.20 bits per heavy atom. The van der Waals surface area contributed by atoms with Gasteiger partial charge in [-0.1, -0.05) is 0 Å². The van der Waals surface area contributed by atoms with Gasteiger partial charge in [0.2, 0.25) is 10.0 Å². The number of esters is 1. The maximum Gasteiger partial charge on any atom is 0.344 e. The zero-order valence-electron chi connectivity index (χ0n) is 16.0. The van der Waals surface area contributed by atoms with E-state index >= 15 is 0 Å². The van der Waals surface area contributed by atoms with Crippen molar-refractivity contribution < 1.29 is 32.7 Å². The molecule has 0 spiro atoms. The Balaban J connectivity index is 1.84. The summed E-state index contributed by atoms with van der Waals surface area (Å²) in [5.41, 5.74) is 2.42. The molecule has 2 heterocycles. The van der Waals surface area contributed by atoms with Crippen LogP contribution in [-0.4, -0.2) is 59.0 Å². The normalized spacial score (nSPS) is 16.4. The molecule has 1 amide bonds. The van der Waals surface area contributed by atoms with Crippen LogP contribution in [0.25, 0.3) is 0 Å². The summed E-state index contributed by atoms with van der Waals surface area (Å²) in [6.45, 7) is 1.42. The third-order valence-corrected chi connectivity index (χ3v) is 6.27. The van der Waals surface area contributed by atoms with Gasteiger partial charge in [0.1, 0.15) is 11.8 Å². The molecule has 0 bridgehead atoms. The third kappa shape index (κ3) is 4.56. The summed E-state index contributed by atoms with van der Waals surface area (Å²) in [4.78, 5) is 31.7. The largest absolute Gasteiger partial charge is 0.482 e. The van der Waals surface area contributed by atoms with E-state index in [1.807, 2.05) is 0 Å². The fourth-order valence-corrected chi connectivity index (χ4v) is 4.53. The highest BCUT2D eigenvalue weighted by Gasteiger charge is 2.40. The molecule has 0 radical (unpaired) electrons. The van der Waals surface area contributed by atoms with Crippen LogP contribution in [0.2, 0.25) is 0 Å². The molecule has 30 heavy (non-hydrogen) atoms. The van der Waals surface area contributed by atoms with Crippen LogP contribution in [0, 0.1) is 0 Å². The van der Waals surface area contributed by atoms with Crippen molar-refractivity contribution in [2.75, 3.05) is 13.2 Å². The second-order valence-corrected chi connectivity index (χ2v) is 8.15. The molecule has 1 aliphatic rings. The maximum absolute atomic E-state index is 13.2. The first-order chi connectivity index (χ1) is 14.4. The number of rotatable bonds is 7. The number of fused-ring (bicyclic) bond motifs is 1. The Morgan fingerprint density at radius 2 is 1.87 bits per heavy atom. The average molecular weight is 436 g/mol. The fraction of sp³-hybridized carbons (Fsp3) is 0.333. The number of sulfonamides is 1. The topological polar surface area (TPSA) is 148 Å². The van der Waals surface area contributed by atoms with Gasteiger partial charge < -0.3 is 9.47 Å². The number of aromatic nitrogens is 2.